The maximum Gasteiger partial charge on any atom is 0.257 e. The fourth-order valence-corrected chi connectivity index (χ4v) is 4.70. The van der Waals surface area contributed by atoms with E-state index in [1.807, 2.05) is 54.7 Å². The van der Waals surface area contributed by atoms with Gasteiger partial charge in [-0.1, -0.05) is 12.1 Å². The lowest BCUT2D eigenvalue weighted by molar-refractivity contribution is -0.117. The summed E-state index contributed by atoms with van der Waals surface area (Å²) in [5.41, 5.74) is 2.09. The molecular formula is C31H31FN4O5. The lowest BCUT2D eigenvalue weighted by atomic mass is 10.1. The molecule has 1 fully saturated rings. The molecule has 1 saturated heterocycles. The monoisotopic (exact) mass is 558 g/mol. The van der Waals surface area contributed by atoms with Gasteiger partial charge in [-0.3, -0.25) is 19.5 Å². The van der Waals surface area contributed by atoms with Gasteiger partial charge in [0.2, 0.25) is 11.9 Å². The van der Waals surface area contributed by atoms with Crippen molar-refractivity contribution in [2.75, 3.05) is 39.2 Å². The second kappa shape index (κ2) is 12.6. The zero-order valence-corrected chi connectivity index (χ0v) is 22.9. The Bertz CT molecular complexity index is 1500. The number of hydrogen-bond acceptors (Lipinski definition) is 6. The van der Waals surface area contributed by atoms with Crippen LogP contribution in [-0.4, -0.2) is 66.3 Å². The molecule has 1 aliphatic heterocycles. The lowest BCUT2D eigenvalue weighted by Gasteiger charge is -2.25. The third-order valence-electron chi connectivity index (χ3n) is 6.87. The number of anilines is 1. The topological polar surface area (TPSA) is 94.9 Å². The van der Waals surface area contributed by atoms with E-state index in [9.17, 15) is 14.0 Å². The molecule has 41 heavy (non-hydrogen) atoms. The van der Waals surface area contributed by atoms with Gasteiger partial charge < -0.3 is 19.1 Å². The number of ether oxygens (including phenoxy) is 3. The molecule has 0 bridgehead atoms. The number of nitrogens with one attached hydrogen (secondary N) is 1. The average molecular weight is 559 g/mol. The molecule has 10 heteroatoms. The van der Waals surface area contributed by atoms with Gasteiger partial charge in [0.15, 0.2) is 0 Å². The van der Waals surface area contributed by atoms with E-state index in [2.05, 4.69) is 5.32 Å². The highest BCUT2D eigenvalue weighted by atomic mass is 19.1. The fourth-order valence-electron chi connectivity index (χ4n) is 4.70. The van der Waals surface area contributed by atoms with Gasteiger partial charge in [-0.25, -0.2) is 9.37 Å². The van der Waals surface area contributed by atoms with E-state index in [0.717, 1.165) is 24.1 Å². The number of imidazole rings is 1. The highest BCUT2D eigenvalue weighted by Crippen LogP contribution is 2.27. The van der Waals surface area contributed by atoms with Gasteiger partial charge in [0.05, 0.1) is 31.6 Å². The van der Waals surface area contributed by atoms with Gasteiger partial charge in [-0.05, 0) is 73.5 Å². The van der Waals surface area contributed by atoms with E-state index in [4.69, 9.17) is 19.2 Å². The molecule has 3 aromatic carbocycles. The van der Waals surface area contributed by atoms with Crippen LogP contribution < -0.4 is 14.8 Å². The Morgan fingerprint density at radius 3 is 2.34 bits per heavy atom. The van der Waals surface area contributed by atoms with Gasteiger partial charge >= 0.3 is 0 Å². The number of halogens is 1. The molecule has 1 unspecified atom stereocenters. The number of nitrogens with zero attached hydrogens (tertiary/aromatic N) is 3. The van der Waals surface area contributed by atoms with Crippen molar-refractivity contribution in [2.24, 2.45) is 0 Å². The smallest absolute Gasteiger partial charge is 0.257 e. The van der Waals surface area contributed by atoms with Gasteiger partial charge in [0, 0.05) is 30.6 Å². The van der Waals surface area contributed by atoms with E-state index in [-0.39, 0.29) is 30.7 Å². The molecule has 0 saturated carbocycles. The SMILES string of the molecule is COc1ccc(-c2cn(-c3ccc(OC)cc3)c(NC(=O)CN(CC3CCCO3)C(=O)c3ccccc3F)n2)cc1. The molecular weight excluding hydrogens is 527 g/mol. The maximum absolute atomic E-state index is 14.5. The van der Waals surface area contributed by atoms with E-state index in [0.29, 0.717) is 23.8 Å². The van der Waals surface area contributed by atoms with E-state index in [1.165, 1.54) is 23.1 Å². The van der Waals surface area contributed by atoms with Crippen molar-refractivity contribution in [1.82, 2.24) is 14.5 Å². The molecule has 0 spiro atoms. The molecule has 1 aromatic heterocycles. The number of amides is 2. The summed E-state index contributed by atoms with van der Waals surface area (Å²) in [6.07, 6.45) is 3.22. The van der Waals surface area contributed by atoms with Crippen molar-refractivity contribution in [2.45, 2.75) is 18.9 Å². The predicted molar refractivity (Wildman–Crippen MR) is 152 cm³/mol. The first-order valence-electron chi connectivity index (χ1n) is 13.3. The minimum atomic E-state index is -0.644. The van der Waals surface area contributed by atoms with E-state index in [1.54, 1.807) is 24.9 Å². The van der Waals surface area contributed by atoms with Crippen molar-refractivity contribution in [3.63, 3.8) is 0 Å². The Kier molecular flexibility index (Phi) is 8.59. The van der Waals surface area contributed by atoms with Crippen LogP contribution >= 0.6 is 0 Å². The first-order chi connectivity index (χ1) is 19.9. The zero-order chi connectivity index (χ0) is 28.8. The van der Waals surface area contributed by atoms with Crippen molar-refractivity contribution in [3.05, 3.63) is 90.4 Å². The van der Waals surface area contributed by atoms with E-state index < -0.39 is 17.6 Å². The molecule has 212 valence electrons. The highest BCUT2D eigenvalue weighted by molar-refractivity contribution is 5.99. The van der Waals surface area contributed by atoms with Crippen molar-refractivity contribution in [1.29, 1.82) is 0 Å². The number of carbonyl (C=O) groups is 2. The van der Waals surface area contributed by atoms with Crippen LogP contribution in [0.15, 0.2) is 79.0 Å². The molecule has 2 amide bonds. The van der Waals surface area contributed by atoms with Crippen LogP contribution in [0, 0.1) is 5.82 Å². The van der Waals surface area contributed by atoms with Gasteiger partial charge in [0.1, 0.15) is 23.9 Å². The molecule has 2 heterocycles. The summed E-state index contributed by atoms with van der Waals surface area (Å²) in [5, 5.41) is 2.86. The second-order valence-corrected chi connectivity index (χ2v) is 9.60. The Morgan fingerprint density at radius 2 is 1.71 bits per heavy atom. The Morgan fingerprint density at radius 1 is 1.02 bits per heavy atom. The zero-order valence-electron chi connectivity index (χ0n) is 22.9. The summed E-state index contributed by atoms with van der Waals surface area (Å²) in [6, 6.07) is 20.5. The number of rotatable bonds is 10. The summed E-state index contributed by atoms with van der Waals surface area (Å²) in [6.45, 7) is 0.455. The molecule has 0 radical (unpaired) electrons. The minimum absolute atomic E-state index is 0.0974. The standard InChI is InChI=1S/C31H31FN4O5/c1-39-23-13-9-21(10-14-23)28-19-36(22-11-15-24(40-2)16-12-22)31(33-28)34-29(37)20-35(18-25-6-5-17-41-25)30(38)26-7-3-4-8-27(26)32/h3-4,7-16,19,25H,5-6,17-18,20H2,1-2H3,(H,33,34,37). The summed E-state index contributed by atoms with van der Waals surface area (Å²) in [4.78, 5) is 32.8. The van der Waals surface area contributed by atoms with Crippen molar-refractivity contribution in [3.8, 4) is 28.4 Å². The normalized spacial score (nSPS) is 14.5. The summed E-state index contributed by atoms with van der Waals surface area (Å²) >= 11 is 0. The maximum atomic E-state index is 14.5. The quantitative estimate of drug-likeness (QED) is 0.296. The van der Waals surface area contributed by atoms with Gasteiger partial charge in [0.25, 0.3) is 5.91 Å². The molecule has 9 nitrogen and oxygen atoms in total. The number of benzene rings is 3. The molecule has 1 atom stereocenters. The highest BCUT2D eigenvalue weighted by Gasteiger charge is 2.27. The molecule has 1 N–H and O–H groups in total. The lowest BCUT2D eigenvalue weighted by Crippen LogP contribution is -2.42. The van der Waals surface area contributed by atoms with Crippen LogP contribution in [0.1, 0.15) is 23.2 Å². The van der Waals surface area contributed by atoms with Crippen LogP contribution in [-0.2, 0) is 9.53 Å². The largest absolute Gasteiger partial charge is 0.497 e. The third kappa shape index (κ3) is 6.55. The Balaban J connectivity index is 1.42. The number of methoxy groups -OCH3 is 2. The summed E-state index contributed by atoms with van der Waals surface area (Å²) in [7, 11) is 3.19. The Hall–Kier alpha value is -4.70. The van der Waals surface area contributed by atoms with E-state index >= 15 is 0 Å². The first kappa shape index (κ1) is 27.9. The van der Waals surface area contributed by atoms with Gasteiger partial charge in [-0.15, -0.1) is 0 Å². The fraction of sp³-hybridized carbons (Fsp3) is 0.258. The number of hydrogen-bond donors (Lipinski definition) is 1. The number of aromatic nitrogens is 2. The first-order valence-corrected chi connectivity index (χ1v) is 13.3. The second-order valence-electron chi connectivity index (χ2n) is 9.60. The van der Waals surface area contributed by atoms with Crippen LogP contribution in [0.3, 0.4) is 0 Å². The molecule has 0 aliphatic carbocycles. The molecule has 4 aromatic rings. The van der Waals surface area contributed by atoms with Gasteiger partial charge in [-0.2, -0.15) is 0 Å². The minimum Gasteiger partial charge on any atom is -0.497 e. The van der Waals surface area contributed by atoms with Crippen LogP contribution in [0.4, 0.5) is 10.3 Å². The third-order valence-corrected chi connectivity index (χ3v) is 6.87. The van der Waals surface area contributed by atoms with Crippen molar-refractivity contribution < 1.29 is 28.2 Å². The summed E-state index contributed by atoms with van der Waals surface area (Å²) < 4.78 is 32.5. The predicted octanol–water partition coefficient (Wildman–Crippen LogP) is 4.96. The van der Waals surface area contributed by atoms with Crippen molar-refractivity contribution >= 4 is 17.8 Å². The average Bonchev–Trinajstić information content (AvgIpc) is 3.67. The van der Waals surface area contributed by atoms with Crippen LogP contribution in [0.25, 0.3) is 16.9 Å². The number of carbonyl (C=O) groups excluding carboxylic acids is 2. The molecule has 5 rings (SSSR count). The summed E-state index contributed by atoms with van der Waals surface area (Å²) in [5.74, 6) is -0.0368. The van der Waals surface area contributed by atoms with Crippen LogP contribution in [0.2, 0.25) is 0 Å². The Labute approximate surface area is 237 Å². The van der Waals surface area contributed by atoms with Crippen LogP contribution in [0.5, 0.6) is 11.5 Å². The molecule has 1 aliphatic rings.